The van der Waals surface area contributed by atoms with Gasteiger partial charge in [-0.1, -0.05) is 31.9 Å². The van der Waals surface area contributed by atoms with Crippen molar-refractivity contribution in [3.63, 3.8) is 0 Å². The van der Waals surface area contributed by atoms with Crippen LogP contribution in [0.1, 0.15) is 74.6 Å². The molecule has 0 radical (unpaired) electrons. The molecule has 2 aromatic carbocycles. The summed E-state index contributed by atoms with van der Waals surface area (Å²) in [4.78, 5) is 42.7. The van der Waals surface area contributed by atoms with Gasteiger partial charge in [0.2, 0.25) is 0 Å². The van der Waals surface area contributed by atoms with Crippen molar-refractivity contribution in [3.8, 4) is 11.5 Å². The Morgan fingerprint density at radius 1 is 1.00 bits per heavy atom. The van der Waals surface area contributed by atoms with Crippen molar-refractivity contribution < 1.29 is 33.7 Å². The smallest absolute Gasteiger partial charge is 0.417 e. The molecule has 0 aliphatic heterocycles. The molecule has 0 saturated carbocycles. The monoisotopic (exact) mass is 551 g/mol. The molecule has 1 amide bonds. The molecule has 3 aromatic rings. The van der Waals surface area contributed by atoms with E-state index in [1.807, 2.05) is 0 Å². The van der Waals surface area contributed by atoms with E-state index in [0.29, 0.717) is 29.2 Å². The molecule has 1 heterocycles. The maximum atomic E-state index is 12.7. The molecule has 1 N–H and O–H groups in total. The molecule has 214 valence electrons. The highest BCUT2D eigenvalue weighted by Gasteiger charge is 2.27. The number of amides is 1. The van der Waals surface area contributed by atoms with E-state index in [-0.39, 0.29) is 12.4 Å². The molecule has 0 spiro atoms. The second-order valence-corrected chi connectivity index (χ2v) is 10.4. The minimum Gasteiger partial charge on any atom is -0.494 e. The first kappa shape index (κ1) is 30.2. The summed E-state index contributed by atoms with van der Waals surface area (Å²) in [5.74, 6) is 0.129. The number of carbonyl (C=O) groups is 3. The Labute approximate surface area is 234 Å². The number of aromatic nitrogens is 2. The zero-order valence-corrected chi connectivity index (χ0v) is 23.6. The summed E-state index contributed by atoms with van der Waals surface area (Å²) in [6.45, 7) is 8.17. The lowest BCUT2D eigenvalue weighted by Crippen LogP contribution is -2.37. The second kappa shape index (κ2) is 13.6. The van der Waals surface area contributed by atoms with E-state index in [4.69, 9.17) is 14.2 Å². The van der Waals surface area contributed by atoms with Gasteiger partial charge in [-0.25, -0.2) is 23.9 Å². The van der Waals surface area contributed by atoms with Crippen LogP contribution in [0, 0.1) is 0 Å². The molecule has 3 rings (SSSR count). The molecule has 10 heteroatoms. The molecule has 1 unspecified atom stereocenters. The lowest BCUT2D eigenvalue weighted by atomic mass is 9.97. The minimum atomic E-state index is -1.19. The highest BCUT2D eigenvalue weighted by atomic mass is 16.6. The van der Waals surface area contributed by atoms with E-state index in [1.54, 1.807) is 76.3 Å². The van der Waals surface area contributed by atoms with E-state index < -0.39 is 29.7 Å². The maximum absolute atomic E-state index is 12.7. The topological polar surface area (TPSA) is 120 Å². The van der Waals surface area contributed by atoms with Gasteiger partial charge in [-0.15, -0.1) is 0 Å². The van der Waals surface area contributed by atoms with Gasteiger partial charge in [0.05, 0.1) is 18.1 Å². The minimum absolute atomic E-state index is 0.102. The second-order valence-electron chi connectivity index (χ2n) is 10.4. The van der Waals surface area contributed by atoms with Crippen molar-refractivity contribution >= 4 is 18.2 Å². The molecule has 0 aliphatic carbocycles. The molecule has 0 saturated heterocycles. The van der Waals surface area contributed by atoms with Crippen LogP contribution in [-0.2, 0) is 4.74 Å². The van der Waals surface area contributed by atoms with Gasteiger partial charge in [0.15, 0.2) is 0 Å². The van der Waals surface area contributed by atoms with E-state index in [0.717, 1.165) is 23.8 Å². The Balaban J connectivity index is 1.74. The predicted octanol–water partition coefficient (Wildman–Crippen LogP) is 6.20. The number of carboxylic acid groups (broad SMARTS) is 1. The molecule has 1 aromatic heterocycles. The number of benzene rings is 2. The SMILES string of the molecule is CCCCCOc1ccc(C(=O)Oc2ccc(C(CN(C)C(=O)OC(C)(C)C)c3nccn3C(=O)O)cc2)cc1. The number of unbranched alkanes of at least 4 members (excludes halogenated alkanes) is 2. The summed E-state index contributed by atoms with van der Waals surface area (Å²) in [5.41, 5.74) is 0.368. The van der Waals surface area contributed by atoms with Crippen LogP contribution in [0.15, 0.2) is 60.9 Å². The normalized spacial score (nSPS) is 11.9. The highest BCUT2D eigenvalue weighted by Crippen LogP contribution is 2.27. The Morgan fingerprint density at radius 2 is 1.65 bits per heavy atom. The molecule has 0 bridgehead atoms. The fourth-order valence-electron chi connectivity index (χ4n) is 3.92. The maximum Gasteiger partial charge on any atom is 0.417 e. The van der Waals surface area contributed by atoms with Crippen molar-refractivity contribution in [1.29, 1.82) is 0 Å². The molecule has 40 heavy (non-hydrogen) atoms. The third kappa shape index (κ3) is 8.59. The van der Waals surface area contributed by atoms with E-state index in [1.165, 1.54) is 17.3 Å². The third-order valence-corrected chi connectivity index (χ3v) is 5.95. The van der Waals surface area contributed by atoms with Crippen LogP contribution in [0.2, 0.25) is 0 Å². The first-order valence-electron chi connectivity index (χ1n) is 13.2. The van der Waals surface area contributed by atoms with Crippen LogP contribution in [-0.4, -0.2) is 63.5 Å². The number of likely N-dealkylation sites (N-methyl/N-ethyl adjacent to an activating group) is 1. The van der Waals surface area contributed by atoms with Gasteiger partial charge >= 0.3 is 18.2 Å². The van der Waals surface area contributed by atoms with E-state index >= 15 is 0 Å². The van der Waals surface area contributed by atoms with E-state index in [9.17, 15) is 19.5 Å². The Morgan fingerprint density at radius 3 is 2.25 bits per heavy atom. The quantitative estimate of drug-likeness (QED) is 0.170. The molecule has 0 fully saturated rings. The number of imidazole rings is 1. The van der Waals surface area contributed by atoms with Crippen LogP contribution in [0.25, 0.3) is 0 Å². The first-order valence-corrected chi connectivity index (χ1v) is 13.2. The number of esters is 1. The largest absolute Gasteiger partial charge is 0.494 e. The van der Waals surface area contributed by atoms with Crippen LogP contribution < -0.4 is 9.47 Å². The average Bonchev–Trinajstić information content (AvgIpc) is 3.40. The zero-order valence-electron chi connectivity index (χ0n) is 23.6. The molecular weight excluding hydrogens is 514 g/mol. The van der Waals surface area contributed by atoms with Gasteiger partial charge in [0, 0.05) is 26.0 Å². The van der Waals surface area contributed by atoms with E-state index in [2.05, 4.69) is 11.9 Å². The summed E-state index contributed by atoms with van der Waals surface area (Å²) in [6.07, 6.45) is 4.19. The third-order valence-electron chi connectivity index (χ3n) is 5.95. The average molecular weight is 552 g/mol. The standard InChI is InChI=1S/C30H37N3O7/c1-6-7-8-19-38-23-13-11-22(12-14-23)27(34)39-24-15-9-21(10-16-24)25(26-31-17-18-33(26)28(35)36)20-32(5)29(37)40-30(2,3)4/h9-18,25H,6-8,19-20H2,1-5H3,(H,35,36). The predicted molar refractivity (Wildman–Crippen MR) is 149 cm³/mol. The van der Waals surface area contributed by atoms with Gasteiger partial charge in [-0.2, -0.15) is 0 Å². The van der Waals surface area contributed by atoms with Gasteiger partial charge in [-0.3, -0.25) is 0 Å². The Bertz CT molecular complexity index is 1280. The van der Waals surface area contributed by atoms with Gasteiger partial charge in [-0.05, 0) is 69.2 Å². The Hall–Kier alpha value is -4.34. The number of carbonyl (C=O) groups excluding carboxylic acids is 2. The molecular formula is C30H37N3O7. The summed E-state index contributed by atoms with van der Waals surface area (Å²) in [6, 6.07) is 13.4. The van der Waals surface area contributed by atoms with Crippen LogP contribution >= 0.6 is 0 Å². The Kier molecular flexibility index (Phi) is 10.3. The number of hydrogen-bond donors (Lipinski definition) is 1. The summed E-state index contributed by atoms with van der Waals surface area (Å²) in [5, 5.41) is 9.63. The number of hydrogen-bond acceptors (Lipinski definition) is 7. The van der Waals surface area contributed by atoms with Crippen molar-refractivity contribution in [2.24, 2.45) is 0 Å². The number of nitrogens with zero attached hydrogens (tertiary/aromatic N) is 3. The van der Waals surface area contributed by atoms with Gasteiger partial charge in [0.25, 0.3) is 0 Å². The highest BCUT2D eigenvalue weighted by molar-refractivity contribution is 5.91. The molecule has 10 nitrogen and oxygen atoms in total. The summed E-state index contributed by atoms with van der Waals surface area (Å²) < 4.78 is 17.7. The molecule has 1 atom stereocenters. The van der Waals surface area contributed by atoms with Gasteiger partial charge < -0.3 is 24.2 Å². The first-order chi connectivity index (χ1) is 19.0. The fourth-order valence-corrected chi connectivity index (χ4v) is 3.92. The molecule has 0 aliphatic rings. The lowest BCUT2D eigenvalue weighted by molar-refractivity contribution is 0.0292. The van der Waals surface area contributed by atoms with Crippen molar-refractivity contribution in [2.45, 2.75) is 58.5 Å². The zero-order chi connectivity index (χ0) is 29.3. The summed E-state index contributed by atoms with van der Waals surface area (Å²) >= 11 is 0. The van der Waals surface area contributed by atoms with Crippen molar-refractivity contribution in [2.75, 3.05) is 20.2 Å². The van der Waals surface area contributed by atoms with Crippen LogP contribution in [0.3, 0.4) is 0 Å². The fraction of sp³-hybridized carbons (Fsp3) is 0.400. The number of rotatable bonds is 11. The van der Waals surface area contributed by atoms with Crippen molar-refractivity contribution in [3.05, 3.63) is 77.9 Å². The van der Waals surface area contributed by atoms with Crippen molar-refractivity contribution in [1.82, 2.24) is 14.5 Å². The van der Waals surface area contributed by atoms with Gasteiger partial charge in [0.1, 0.15) is 22.9 Å². The summed E-state index contributed by atoms with van der Waals surface area (Å²) in [7, 11) is 1.58. The number of ether oxygens (including phenoxy) is 3. The van der Waals surface area contributed by atoms with Crippen LogP contribution in [0.5, 0.6) is 11.5 Å². The van der Waals surface area contributed by atoms with Crippen LogP contribution in [0.4, 0.5) is 9.59 Å². The lowest BCUT2D eigenvalue weighted by Gasteiger charge is -2.27.